The van der Waals surface area contributed by atoms with Crippen molar-refractivity contribution in [3.63, 3.8) is 0 Å². The lowest BCUT2D eigenvalue weighted by atomic mass is 10.1. The molecular formula is C11H15BrN2O2. The van der Waals surface area contributed by atoms with E-state index in [0.717, 1.165) is 4.47 Å². The summed E-state index contributed by atoms with van der Waals surface area (Å²) in [5.74, 6) is -0.272. The number of nitrogens with one attached hydrogen (secondary N) is 1. The van der Waals surface area contributed by atoms with E-state index in [0.29, 0.717) is 17.7 Å². The second kappa shape index (κ2) is 5.86. The molecule has 1 atom stereocenters. The van der Waals surface area contributed by atoms with Crippen molar-refractivity contribution in [3.8, 4) is 0 Å². The van der Waals surface area contributed by atoms with Gasteiger partial charge >= 0.3 is 0 Å². The first-order chi connectivity index (χ1) is 7.54. The standard InChI is InChI=1S/C11H15BrN2O2/c1-2-8(15)6-14-11(16)9-5-7(12)3-4-10(9)13/h3-5,8,15H,2,6,13H2,1H3,(H,14,16). The molecule has 0 aromatic heterocycles. The largest absolute Gasteiger partial charge is 0.398 e. The fourth-order valence-corrected chi connectivity index (χ4v) is 1.54. The Morgan fingerprint density at radius 1 is 1.62 bits per heavy atom. The summed E-state index contributed by atoms with van der Waals surface area (Å²) in [4.78, 5) is 11.7. The number of nitrogen functional groups attached to an aromatic ring is 1. The van der Waals surface area contributed by atoms with Gasteiger partial charge in [0.15, 0.2) is 0 Å². The van der Waals surface area contributed by atoms with Crippen LogP contribution in [0.3, 0.4) is 0 Å². The molecule has 4 nitrogen and oxygen atoms in total. The number of aliphatic hydroxyl groups is 1. The number of aliphatic hydroxyl groups excluding tert-OH is 1. The van der Waals surface area contributed by atoms with Gasteiger partial charge in [-0.2, -0.15) is 0 Å². The van der Waals surface area contributed by atoms with E-state index in [2.05, 4.69) is 21.2 Å². The molecule has 1 rings (SSSR count). The molecule has 16 heavy (non-hydrogen) atoms. The number of hydrogen-bond acceptors (Lipinski definition) is 3. The van der Waals surface area contributed by atoms with Crippen LogP contribution in [0.15, 0.2) is 22.7 Å². The maximum atomic E-state index is 11.7. The van der Waals surface area contributed by atoms with Gasteiger partial charge in [-0.05, 0) is 24.6 Å². The van der Waals surface area contributed by atoms with Gasteiger partial charge in [0, 0.05) is 16.7 Å². The van der Waals surface area contributed by atoms with Crippen LogP contribution < -0.4 is 11.1 Å². The van der Waals surface area contributed by atoms with Crippen molar-refractivity contribution >= 4 is 27.5 Å². The Labute approximate surface area is 103 Å². The normalized spacial score (nSPS) is 12.2. The number of carbonyl (C=O) groups excluding carboxylic acids is 1. The molecule has 0 saturated heterocycles. The summed E-state index contributed by atoms with van der Waals surface area (Å²) in [5, 5.41) is 12.0. The second-order valence-electron chi connectivity index (χ2n) is 3.50. The van der Waals surface area contributed by atoms with Gasteiger partial charge in [0.1, 0.15) is 0 Å². The van der Waals surface area contributed by atoms with E-state index >= 15 is 0 Å². The smallest absolute Gasteiger partial charge is 0.253 e. The summed E-state index contributed by atoms with van der Waals surface area (Å²) in [6.45, 7) is 2.09. The first kappa shape index (κ1) is 13.0. The van der Waals surface area contributed by atoms with E-state index in [9.17, 15) is 9.90 Å². The Hall–Kier alpha value is -1.07. The van der Waals surface area contributed by atoms with Gasteiger partial charge in [-0.1, -0.05) is 22.9 Å². The lowest BCUT2D eigenvalue weighted by Gasteiger charge is -2.10. The average molecular weight is 287 g/mol. The quantitative estimate of drug-likeness (QED) is 0.735. The van der Waals surface area contributed by atoms with E-state index in [1.54, 1.807) is 18.2 Å². The first-order valence-electron chi connectivity index (χ1n) is 5.06. The molecule has 88 valence electrons. The van der Waals surface area contributed by atoms with Crippen LogP contribution in [0.5, 0.6) is 0 Å². The van der Waals surface area contributed by atoms with Crippen molar-refractivity contribution in [1.82, 2.24) is 5.32 Å². The Balaban J connectivity index is 2.69. The maximum Gasteiger partial charge on any atom is 0.253 e. The highest BCUT2D eigenvalue weighted by Crippen LogP contribution is 2.18. The zero-order valence-electron chi connectivity index (χ0n) is 9.03. The maximum absolute atomic E-state index is 11.7. The van der Waals surface area contributed by atoms with E-state index in [1.165, 1.54) is 0 Å². The molecule has 0 fully saturated rings. The number of benzene rings is 1. The molecule has 5 heteroatoms. The molecule has 0 aliphatic rings. The number of halogens is 1. The molecule has 0 saturated carbocycles. The summed E-state index contributed by atoms with van der Waals surface area (Å²) < 4.78 is 0.794. The minimum absolute atomic E-state index is 0.237. The summed E-state index contributed by atoms with van der Waals surface area (Å²) in [5.41, 5.74) is 6.52. The van der Waals surface area contributed by atoms with Gasteiger partial charge in [-0.25, -0.2) is 0 Å². The third kappa shape index (κ3) is 3.50. The lowest BCUT2D eigenvalue weighted by Crippen LogP contribution is -2.32. The first-order valence-corrected chi connectivity index (χ1v) is 5.85. The van der Waals surface area contributed by atoms with Crippen LogP contribution in [0.25, 0.3) is 0 Å². The third-order valence-corrected chi connectivity index (χ3v) is 2.72. The lowest BCUT2D eigenvalue weighted by molar-refractivity contribution is 0.0914. The Morgan fingerprint density at radius 2 is 2.31 bits per heavy atom. The molecule has 0 heterocycles. The van der Waals surface area contributed by atoms with Crippen molar-refractivity contribution < 1.29 is 9.90 Å². The highest BCUT2D eigenvalue weighted by Gasteiger charge is 2.11. The fourth-order valence-electron chi connectivity index (χ4n) is 1.18. The number of hydrogen-bond donors (Lipinski definition) is 3. The molecule has 1 aromatic rings. The highest BCUT2D eigenvalue weighted by molar-refractivity contribution is 9.10. The minimum Gasteiger partial charge on any atom is -0.398 e. The molecule has 0 aliphatic carbocycles. The summed E-state index contributed by atoms with van der Waals surface area (Å²) >= 11 is 3.27. The topological polar surface area (TPSA) is 75.3 Å². The number of rotatable bonds is 4. The van der Waals surface area contributed by atoms with Crippen LogP contribution in [0.4, 0.5) is 5.69 Å². The van der Waals surface area contributed by atoms with Crippen LogP contribution in [-0.4, -0.2) is 23.7 Å². The predicted octanol–water partition coefficient (Wildman–Crippen LogP) is 1.53. The zero-order valence-corrected chi connectivity index (χ0v) is 10.6. The van der Waals surface area contributed by atoms with Crippen LogP contribution in [-0.2, 0) is 0 Å². The predicted molar refractivity (Wildman–Crippen MR) is 67.2 cm³/mol. The van der Waals surface area contributed by atoms with Crippen molar-refractivity contribution in [2.75, 3.05) is 12.3 Å². The van der Waals surface area contributed by atoms with E-state index < -0.39 is 6.10 Å². The monoisotopic (exact) mass is 286 g/mol. The van der Waals surface area contributed by atoms with Crippen molar-refractivity contribution in [3.05, 3.63) is 28.2 Å². The van der Waals surface area contributed by atoms with Crippen molar-refractivity contribution in [1.29, 1.82) is 0 Å². The average Bonchev–Trinajstić information content (AvgIpc) is 2.28. The van der Waals surface area contributed by atoms with Gasteiger partial charge in [0.2, 0.25) is 0 Å². The van der Waals surface area contributed by atoms with Crippen molar-refractivity contribution in [2.45, 2.75) is 19.4 Å². The van der Waals surface area contributed by atoms with Gasteiger partial charge in [0.25, 0.3) is 5.91 Å². The number of amides is 1. The molecule has 1 amide bonds. The van der Waals surface area contributed by atoms with Gasteiger partial charge < -0.3 is 16.2 Å². The summed E-state index contributed by atoms with van der Waals surface area (Å²) in [7, 11) is 0. The Bertz CT molecular complexity index is 382. The van der Waals surface area contributed by atoms with E-state index in [-0.39, 0.29) is 12.5 Å². The molecule has 0 aliphatic heterocycles. The molecule has 1 aromatic carbocycles. The molecule has 4 N–H and O–H groups in total. The van der Waals surface area contributed by atoms with Crippen molar-refractivity contribution in [2.24, 2.45) is 0 Å². The highest BCUT2D eigenvalue weighted by atomic mass is 79.9. The molecule has 0 radical (unpaired) electrons. The zero-order chi connectivity index (χ0) is 12.1. The van der Waals surface area contributed by atoms with Crippen LogP contribution in [0.1, 0.15) is 23.7 Å². The Kier molecular flexibility index (Phi) is 4.76. The van der Waals surface area contributed by atoms with Gasteiger partial charge in [0.05, 0.1) is 11.7 Å². The van der Waals surface area contributed by atoms with Gasteiger partial charge in [-0.15, -0.1) is 0 Å². The summed E-state index contributed by atoms with van der Waals surface area (Å²) in [6, 6.07) is 5.09. The fraction of sp³-hybridized carbons (Fsp3) is 0.364. The minimum atomic E-state index is -0.516. The van der Waals surface area contributed by atoms with E-state index in [4.69, 9.17) is 5.73 Å². The number of anilines is 1. The third-order valence-electron chi connectivity index (χ3n) is 2.23. The molecule has 0 spiro atoms. The van der Waals surface area contributed by atoms with Crippen LogP contribution in [0.2, 0.25) is 0 Å². The van der Waals surface area contributed by atoms with Gasteiger partial charge in [-0.3, -0.25) is 4.79 Å². The summed E-state index contributed by atoms with van der Waals surface area (Å²) in [6.07, 6.45) is 0.0890. The molecule has 1 unspecified atom stereocenters. The SMILES string of the molecule is CCC(O)CNC(=O)c1cc(Br)ccc1N. The molecule has 0 bridgehead atoms. The second-order valence-corrected chi connectivity index (χ2v) is 4.42. The van der Waals surface area contributed by atoms with E-state index in [1.807, 2.05) is 6.92 Å². The van der Waals surface area contributed by atoms with Crippen LogP contribution >= 0.6 is 15.9 Å². The van der Waals surface area contributed by atoms with Crippen LogP contribution in [0, 0.1) is 0 Å². The Morgan fingerprint density at radius 3 is 2.94 bits per heavy atom. The molecular weight excluding hydrogens is 272 g/mol. The number of nitrogens with two attached hydrogens (primary N) is 1. The number of carbonyl (C=O) groups is 1.